The number of aromatic amines is 1. The van der Waals surface area contributed by atoms with Crippen LogP contribution in [0.25, 0.3) is 12.2 Å². The van der Waals surface area contributed by atoms with Gasteiger partial charge in [-0.3, -0.25) is 4.79 Å². The molecule has 5 nitrogen and oxygen atoms in total. The fourth-order valence-corrected chi connectivity index (χ4v) is 3.55. The minimum Gasteiger partial charge on any atom is -0.507 e. The largest absolute Gasteiger partial charge is 0.507 e. The number of rotatable bonds is 2. The Bertz CT molecular complexity index is 979. The second-order valence-electron chi connectivity index (χ2n) is 8.38. The molecule has 2 aromatic rings. The van der Waals surface area contributed by atoms with Gasteiger partial charge in [0, 0.05) is 11.1 Å². The van der Waals surface area contributed by atoms with Crippen LogP contribution in [0.3, 0.4) is 0 Å². The number of phenols is 1. The summed E-state index contributed by atoms with van der Waals surface area (Å²) in [5.41, 5.74) is 1.55. The maximum absolute atomic E-state index is 12.1. The molecular formula is C20H25NO4S. The van der Waals surface area contributed by atoms with Gasteiger partial charge >= 0.3 is 5.97 Å². The van der Waals surface area contributed by atoms with E-state index < -0.39 is 5.97 Å². The fourth-order valence-electron chi connectivity index (χ4n) is 2.67. The number of hydrogen-bond acceptors (Lipinski definition) is 4. The zero-order valence-corrected chi connectivity index (χ0v) is 16.7. The van der Waals surface area contributed by atoms with Gasteiger partial charge in [-0.05, 0) is 34.6 Å². The van der Waals surface area contributed by atoms with Gasteiger partial charge in [0.05, 0.1) is 10.6 Å². The van der Waals surface area contributed by atoms with E-state index in [1.807, 2.05) is 53.7 Å². The van der Waals surface area contributed by atoms with Gasteiger partial charge in [-0.15, -0.1) is 11.3 Å². The van der Waals surface area contributed by atoms with Crippen molar-refractivity contribution in [1.29, 1.82) is 0 Å². The van der Waals surface area contributed by atoms with Crippen LogP contribution >= 0.6 is 11.3 Å². The Labute approximate surface area is 156 Å². The standard InChI is InChI=1S/C20H25NO4S/c1-19(2,3)12-7-11(8-13(17(12)24)20(4,5)6)9-14-18(25)21-15(26-14)10-16(22)23/h7-10,24H,1-6H3,(H,21,25)(H,22,23)/b14-9-,15-10+. The molecule has 1 heterocycles. The number of aliphatic carboxylic acids is 1. The molecular weight excluding hydrogens is 350 g/mol. The first-order chi connectivity index (χ1) is 11.8. The molecule has 3 N–H and O–H groups in total. The molecule has 140 valence electrons. The van der Waals surface area contributed by atoms with E-state index >= 15 is 0 Å². The second kappa shape index (κ2) is 6.76. The quantitative estimate of drug-likeness (QED) is 0.752. The summed E-state index contributed by atoms with van der Waals surface area (Å²) in [6.45, 7) is 12.1. The van der Waals surface area contributed by atoms with Crippen LogP contribution in [0.15, 0.2) is 16.9 Å². The van der Waals surface area contributed by atoms with Crippen LogP contribution in [-0.4, -0.2) is 21.2 Å². The van der Waals surface area contributed by atoms with Crippen LogP contribution in [0.1, 0.15) is 58.2 Å². The van der Waals surface area contributed by atoms with E-state index in [4.69, 9.17) is 5.11 Å². The smallest absolute Gasteiger partial charge is 0.331 e. The monoisotopic (exact) mass is 375 g/mol. The lowest BCUT2D eigenvalue weighted by molar-refractivity contribution is -0.129. The first-order valence-electron chi connectivity index (χ1n) is 8.32. The minimum absolute atomic E-state index is 0.266. The molecule has 0 saturated heterocycles. The van der Waals surface area contributed by atoms with Crippen molar-refractivity contribution in [3.63, 3.8) is 0 Å². The molecule has 0 amide bonds. The third-order valence-electron chi connectivity index (χ3n) is 3.98. The molecule has 0 bridgehead atoms. The topological polar surface area (TPSA) is 90.4 Å². The van der Waals surface area contributed by atoms with Gasteiger partial charge in [0.2, 0.25) is 0 Å². The van der Waals surface area contributed by atoms with Crippen LogP contribution < -0.4 is 14.8 Å². The summed E-state index contributed by atoms with van der Waals surface area (Å²) in [4.78, 5) is 25.4. The predicted molar refractivity (Wildman–Crippen MR) is 105 cm³/mol. The van der Waals surface area contributed by atoms with Gasteiger partial charge in [0.25, 0.3) is 5.56 Å². The fraction of sp³-hybridized carbons (Fsp3) is 0.400. The molecule has 0 unspecified atom stereocenters. The highest BCUT2D eigenvalue weighted by molar-refractivity contribution is 7.07. The molecule has 1 aromatic heterocycles. The van der Waals surface area contributed by atoms with Crippen molar-refractivity contribution < 1.29 is 15.0 Å². The summed E-state index contributed by atoms with van der Waals surface area (Å²) in [6, 6.07) is 3.76. The number of nitrogens with one attached hydrogen (secondary N) is 1. The van der Waals surface area contributed by atoms with Gasteiger partial charge in [-0.1, -0.05) is 41.5 Å². The van der Waals surface area contributed by atoms with E-state index in [0.717, 1.165) is 34.1 Å². The lowest BCUT2D eigenvalue weighted by Gasteiger charge is -2.27. The zero-order valence-electron chi connectivity index (χ0n) is 15.9. The highest BCUT2D eigenvalue weighted by atomic mass is 32.1. The van der Waals surface area contributed by atoms with E-state index in [1.54, 1.807) is 6.08 Å². The number of hydrogen-bond donors (Lipinski definition) is 3. The Morgan fingerprint density at radius 2 is 1.58 bits per heavy atom. The molecule has 0 radical (unpaired) electrons. The first kappa shape index (κ1) is 20.0. The molecule has 0 atom stereocenters. The number of carboxylic acid groups (broad SMARTS) is 1. The first-order valence-corrected chi connectivity index (χ1v) is 9.14. The zero-order chi connectivity index (χ0) is 19.9. The summed E-state index contributed by atoms with van der Waals surface area (Å²) in [5, 5.41) is 19.6. The number of thiazole rings is 1. The summed E-state index contributed by atoms with van der Waals surface area (Å²) >= 11 is 1.09. The number of aromatic nitrogens is 1. The summed E-state index contributed by atoms with van der Waals surface area (Å²) in [5.74, 6) is -0.828. The van der Waals surface area contributed by atoms with E-state index in [0.29, 0.717) is 9.20 Å². The average molecular weight is 375 g/mol. The third-order valence-corrected chi connectivity index (χ3v) is 4.94. The maximum atomic E-state index is 12.1. The van der Waals surface area contributed by atoms with Gasteiger partial charge in [0.1, 0.15) is 10.4 Å². The van der Waals surface area contributed by atoms with Crippen LogP contribution in [-0.2, 0) is 15.6 Å². The minimum atomic E-state index is -1.11. The third kappa shape index (κ3) is 4.43. The lowest BCUT2D eigenvalue weighted by Crippen LogP contribution is -2.21. The Morgan fingerprint density at radius 3 is 2.00 bits per heavy atom. The van der Waals surface area contributed by atoms with Crippen molar-refractivity contribution in [2.45, 2.75) is 52.4 Å². The molecule has 6 heteroatoms. The second-order valence-corrected chi connectivity index (χ2v) is 9.46. The van der Waals surface area contributed by atoms with Gasteiger partial charge in [-0.25, -0.2) is 4.79 Å². The molecule has 2 rings (SSSR count). The Morgan fingerprint density at radius 1 is 1.08 bits per heavy atom. The lowest BCUT2D eigenvalue weighted by atomic mass is 9.78. The Hall–Kier alpha value is -2.34. The van der Waals surface area contributed by atoms with Crippen LogP contribution in [0.2, 0.25) is 0 Å². The van der Waals surface area contributed by atoms with Crippen molar-refractivity contribution in [1.82, 2.24) is 4.98 Å². The van der Waals surface area contributed by atoms with Gasteiger partial charge in [0.15, 0.2) is 0 Å². The summed E-state index contributed by atoms with van der Waals surface area (Å²) in [6.07, 6.45) is 2.70. The molecule has 0 spiro atoms. The van der Waals surface area contributed by atoms with Crippen molar-refractivity contribution in [3.8, 4) is 5.75 Å². The number of carbonyl (C=O) groups is 1. The van der Waals surface area contributed by atoms with Gasteiger partial charge < -0.3 is 15.2 Å². The molecule has 0 aliphatic rings. The Balaban J connectivity index is 2.77. The highest BCUT2D eigenvalue weighted by Crippen LogP contribution is 2.39. The van der Waals surface area contributed by atoms with Crippen LogP contribution in [0.4, 0.5) is 0 Å². The number of H-pyrrole nitrogens is 1. The van der Waals surface area contributed by atoms with E-state index in [2.05, 4.69) is 4.98 Å². The van der Waals surface area contributed by atoms with Crippen LogP contribution in [0, 0.1) is 0 Å². The number of aromatic hydroxyl groups is 1. The van der Waals surface area contributed by atoms with Gasteiger partial charge in [-0.2, -0.15) is 0 Å². The normalized spacial score (nSPS) is 14.1. The number of benzene rings is 1. The van der Waals surface area contributed by atoms with Crippen molar-refractivity contribution >= 4 is 29.5 Å². The number of carboxylic acids is 1. The highest BCUT2D eigenvalue weighted by Gasteiger charge is 2.26. The van der Waals surface area contributed by atoms with Crippen molar-refractivity contribution in [2.75, 3.05) is 0 Å². The van der Waals surface area contributed by atoms with E-state index in [1.165, 1.54) is 0 Å². The van der Waals surface area contributed by atoms with E-state index in [9.17, 15) is 14.7 Å². The summed E-state index contributed by atoms with van der Waals surface area (Å²) in [7, 11) is 0. The molecule has 0 saturated carbocycles. The Kier molecular flexibility index (Phi) is 5.19. The molecule has 0 fully saturated rings. The summed E-state index contributed by atoms with van der Waals surface area (Å²) < 4.78 is 0.711. The molecule has 26 heavy (non-hydrogen) atoms. The van der Waals surface area contributed by atoms with Crippen molar-refractivity contribution in [2.24, 2.45) is 0 Å². The predicted octanol–water partition coefficient (Wildman–Crippen LogP) is 2.43. The average Bonchev–Trinajstić information content (AvgIpc) is 2.77. The molecule has 0 aliphatic heterocycles. The maximum Gasteiger partial charge on any atom is 0.331 e. The molecule has 1 aromatic carbocycles. The molecule has 0 aliphatic carbocycles. The van der Waals surface area contributed by atoms with E-state index in [-0.39, 0.29) is 22.1 Å². The van der Waals surface area contributed by atoms with Crippen molar-refractivity contribution in [3.05, 3.63) is 48.4 Å². The number of phenolic OH excluding ortho intramolecular Hbond substituents is 1. The SMILES string of the molecule is CC(C)(C)c1cc(/C=c2\s/c(=C/C(=O)O)[nH]c2=O)cc(C(C)(C)C)c1O. The van der Waals surface area contributed by atoms with Crippen LogP contribution in [0.5, 0.6) is 5.75 Å².